The van der Waals surface area contributed by atoms with Crippen LogP contribution in [0.3, 0.4) is 0 Å². The molecule has 2 fully saturated rings. The van der Waals surface area contributed by atoms with Gasteiger partial charge in [0.25, 0.3) is 0 Å². The van der Waals surface area contributed by atoms with Crippen molar-refractivity contribution in [3.8, 4) is 5.75 Å². The zero-order valence-corrected chi connectivity index (χ0v) is 16.5. The third kappa shape index (κ3) is 4.13. The summed E-state index contributed by atoms with van der Waals surface area (Å²) in [7, 11) is 1.57. The SMILES string of the molecule is CCOC(=O)C1(NC(=O)C2CC(=O)N(c3cccc(OC)c3)C2)CCCCC1. The fourth-order valence-corrected chi connectivity index (χ4v) is 4.05. The van der Waals surface area contributed by atoms with Crippen LogP contribution in [0.15, 0.2) is 24.3 Å². The van der Waals surface area contributed by atoms with Crippen LogP contribution in [-0.4, -0.2) is 43.6 Å². The highest BCUT2D eigenvalue weighted by Gasteiger charge is 2.45. The number of rotatable bonds is 6. The monoisotopic (exact) mass is 388 g/mol. The van der Waals surface area contributed by atoms with Crippen molar-refractivity contribution in [2.24, 2.45) is 5.92 Å². The second-order valence-electron chi connectivity index (χ2n) is 7.46. The fraction of sp³-hybridized carbons (Fsp3) is 0.571. The predicted octanol–water partition coefficient (Wildman–Crippen LogP) is 2.43. The number of amides is 2. The van der Waals surface area contributed by atoms with Crippen LogP contribution in [-0.2, 0) is 19.1 Å². The van der Waals surface area contributed by atoms with Gasteiger partial charge >= 0.3 is 5.97 Å². The zero-order chi connectivity index (χ0) is 20.1. The summed E-state index contributed by atoms with van der Waals surface area (Å²) in [5, 5.41) is 2.96. The van der Waals surface area contributed by atoms with Gasteiger partial charge in [-0.15, -0.1) is 0 Å². The van der Waals surface area contributed by atoms with Crippen molar-refractivity contribution in [2.45, 2.75) is 51.0 Å². The number of anilines is 1. The molecule has 1 N–H and O–H groups in total. The lowest BCUT2D eigenvalue weighted by Crippen LogP contribution is -2.57. The van der Waals surface area contributed by atoms with Crippen LogP contribution >= 0.6 is 0 Å². The summed E-state index contributed by atoms with van der Waals surface area (Å²) in [5.74, 6) is -0.568. The third-order valence-electron chi connectivity index (χ3n) is 5.60. The van der Waals surface area contributed by atoms with E-state index < -0.39 is 11.5 Å². The summed E-state index contributed by atoms with van der Waals surface area (Å²) in [6.07, 6.45) is 4.08. The average molecular weight is 388 g/mol. The van der Waals surface area contributed by atoms with Crippen LogP contribution < -0.4 is 15.0 Å². The van der Waals surface area contributed by atoms with Crippen LogP contribution in [0, 0.1) is 5.92 Å². The molecule has 0 radical (unpaired) electrons. The lowest BCUT2D eigenvalue weighted by atomic mass is 9.81. The lowest BCUT2D eigenvalue weighted by molar-refractivity contribution is -0.155. The normalized spacial score (nSPS) is 21.3. The number of nitrogens with one attached hydrogen (secondary N) is 1. The zero-order valence-electron chi connectivity index (χ0n) is 16.5. The van der Waals surface area contributed by atoms with Gasteiger partial charge < -0.3 is 19.7 Å². The van der Waals surface area contributed by atoms with E-state index in [1.54, 1.807) is 31.1 Å². The summed E-state index contributed by atoms with van der Waals surface area (Å²) in [6.45, 7) is 2.33. The number of carbonyl (C=O) groups is 3. The Morgan fingerprint density at radius 3 is 2.68 bits per heavy atom. The molecular formula is C21H28N2O5. The Balaban J connectivity index is 1.71. The summed E-state index contributed by atoms with van der Waals surface area (Å²) in [4.78, 5) is 39.6. The Morgan fingerprint density at radius 2 is 2.00 bits per heavy atom. The third-order valence-corrected chi connectivity index (χ3v) is 5.60. The highest BCUT2D eigenvalue weighted by atomic mass is 16.5. The van der Waals surface area contributed by atoms with E-state index in [0.717, 1.165) is 19.3 Å². The molecule has 1 unspecified atom stereocenters. The van der Waals surface area contributed by atoms with Crippen LogP contribution in [0.25, 0.3) is 0 Å². The van der Waals surface area contributed by atoms with Gasteiger partial charge in [-0.3, -0.25) is 9.59 Å². The molecule has 0 spiro atoms. The molecule has 2 aliphatic rings. The van der Waals surface area contributed by atoms with Crippen LogP contribution in [0.5, 0.6) is 5.75 Å². The predicted molar refractivity (Wildman–Crippen MR) is 104 cm³/mol. The first kappa shape index (κ1) is 20.2. The first-order valence-electron chi connectivity index (χ1n) is 9.93. The minimum Gasteiger partial charge on any atom is -0.497 e. The molecular weight excluding hydrogens is 360 g/mol. The fourth-order valence-electron chi connectivity index (χ4n) is 4.05. The van der Waals surface area contributed by atoms with E-state index in [0.29, 0.717) is 24.3 Å². The minimum atomic E-state index is -0.961. The number of ether oxygens (including phenoxy) is 2. The molecule has 28 heavy (non-hydrogen) atoms. The molecule has 1 aromatic carbocycles. The van der Waals surface area contributed by atoms with Gasteiger partial charge in [-0.2, -0.15) is 0 Å². The Labute approximate surface area is 165 Å². The molecule has 1 aliphatic carbocycles. The number of carbonyl (C=O) groups excluding carboxylic acids is 3. The van der Waals surface area contributed by atoms with E-state index in [4.69, 9.17) is 9.47 Å². The Bertz CT molecular complexity index is 742. The second kappa shape index (κ2) is 8.63. The maximum atomic E-state index is 13.0. The summed E-state index contributed by atoms with van der Waals surface area (Å²) < 4.78 is 10.5. The smallest absolute Gasteiger partial charge is 0.331 e. The number of hydrogen-bond donors (Lipinski definition) is 1. The van der Waals surface area contributed by atoms with Gasteiger partial charge in [0.15, 0.2) is 0 Å². The molecule has 7 heteroatoms. The van der Waals surface area contributed by atoms with Gasteiger partial charge in [0, 0.05) is 24.7 Å². The standard InChI is InChI=1S/C21H28N2O5/c1-3-28-20(26)21(10-5-4-6-11-21)22-19(25)15-12-18(24)23(14-15)16-8-7-9-17(13-16)27-2/h7-9,13,15H,3-6,10-12,14H2,1-2H3,(H,22,25). The van der Waals surface area contributed by atoms with Crippen molar-refractivity contribution in [3.05, 3.63) is 24.3 Å². The van der Waals surface area contributed by atoms with Crippen molar-refractivity contribution in [3.63, 3.8) is 0 Å². The van der Waals surface area contributed by atoms with E-state index in [2.05, 4.69) is 5.32 Å². The van der Waals surface area contributed by atoms with Crippen LogP contribution in [0.4, 0.5) is 5.69 Å². The highest BCUT2D eigenvalue weighted by molar-refractivity contribution is 6.01. The molecule has 7 nitrogen and oxygen atoms in total. The van der Waals surface area contributed by atoms with Gasteiger partial charge in [0.05, 0.1) is 19.6 Å². The Morgan fingerprint density at radius 1 is 1.25 bits per heavy atom. The average Bonchev–Trinajstić information content (AvgIpc) is 3.11. The van der Waals surface area contributed by atoms with Gasteiger partial charge in [-0.25, -0.2) is 4.79 Å². The second-order valence-corrected chi connectivity index (χ2v) is 7.46. The summed E-state index contributed by atoms with van der Waals surface area (Å²) in [6, 6.07) is 7.22. The first-order chi connectivity index (χ1) is 13.5. The summed E-state index contributed by atoms with van der Waals surface area (Å²) in [5.41, 5.74) is -0.255. The van der Waals surface area contributed by atoms with Crippen molar-refractivity contribution >= 4 is 23.5 Å². The summed E-state index contributed by atoms with van der Waals surface area (Å²) >= 11 is 0. The van der Waals surface area contributed by atoms with Gasteiger partial charge in [-0.05, 0) is 31.9 Å². The van der Waals surface area contributed by atoms with E-state index >= 15 is 0 Å². The number of benzene rings is 1. The van der Waals surface area contributed by atoms with Crippen molar-refractivity contribution in [2.75, 3.05) is 25.2 Å². The molecule has 1 saturated heterocycles. The maximum absolute atomic E-state index is 13.0. The van der Waals surface area contributed by atoms with Crippen LogP contribution in [0.2, 0.25) is 0 Å². The molecule has 0 aromatic heterocycles. The van der Waals surface area contributed by atoms with Gasteiger partial charge in [0.2, 0.25) is 11.8 Å². The lowest BCUT2D eigenvalue weighted by Gasteiger charge is -2.36. The van der Waals surface area contributed by atoms with Crippen LogP contribution in [0.1, 0.15) is 45.4 Å². The molecule has 1 heterocycles. The highest BCUT2D eigenvalue weighted by Crippen LogP contribution is 2.32. The first-order valence-corrected chi connectivity index (χ1v) is 9.93. The van der Waals surface area contributed by atoms with Crippen molar-refractivity contribution < 1.29 is 23.9 Å². The maximum Gasteiger partial charge on any atom is 0.331 e. The Hall–Kier alpha value is -2.57. The van der Waals surface area contributed by atoms with E-state index in [1.165, 1.54) is 0 Å². The van der Waals surface area contributed by atoms with E-state index in [9.17, 15) is 14.4 Å². The van der Waals surface area contributed by atoms with Crippen molar-refractivity contribution in [1.29, 1.82) is 0 Å². The quantitative estimate of drug-likeness (QED) is 0.757. The molecule has 152 valence electrons. The number of esters is 1. The minimum absolute atomic E-state index is 0.109. The van der Waals surface area contributed by atoms with E-state index in [1.807, 2.05) is 12.1 Å². The largest absolute Gasteiger partial charge is 0.497 e. The van der Waals surface area contributed by atoms with Gasteiger partial charge in [-0.1, -0.05) is 25.3 Å². The number of hydrogen-bond acceptors (Lipinski definition) is 5. The molecule has 1 aromatic rings. The van der Waals surface area contributed by atoms with Gasteiger partial charge in [0.1, 0.15) is 11.3 Å². The molecule has 0 bridgehead atoms. The topological polar surface area (TPSA) is 84.9 Å². The molecule has 1 aliphatic heterocycles. The number of nitrogens with zero attached hydrogens (tertiary/aromatic N) is 1. The van der Waals surface area contributed by atoms with E-state index in [-0.39, 0.29) is 37.4 Å². The Kier molecular flexibility index (Phi) is 6.21. The molecule has 1 saturated carbocycles. The molecule has 2 amide bonds. The molecule has 1 atom stereocenters. The number of methoxy groups -OCH3 is 1. The molecule has 3 rings (SSSR count). The van der Waals surface area contributed by atoms with Crippen molar-refractivity contribution in [1.82, 2.24) is 5.32 Å².